The number of imidazole rings is 1. The molecule has 7 heteroatoms. The molecule has 0 spiro atoms. The number of sulfone groups is 1. The second kappa shape index (κ2) is 8.53. The zero-order chi connectivity index (χ0) is 22.0. The molecule has 0 aliphatic carbocycles. The van der Waals surface area contributed by atoms with Gasteiger partial charge >= 0.3 is 0 Å². The maximum atomic E-state index is 13.3. The zero-order valence-corrected chi connectivity index (χ0v) is 18.7. The van der Waals surface area contributed by atoms with Crippen molar-refractivity contribution in [3.63, 3.8) is 0 Å². The fourth-order valence-corrected chi connectivity index (χ4v) is 5.53. The van der Waals surface area contributed by atoms with E-state index in [9.17, 15) is 13.2 Å². The van der Waals surface area contributed by atoms with Crippen LogP contribution in [0.2, 0.25) is 0 Å². The van der Waals surface area contributed by atoms with Crippen molar-refractivity contribution in [2.24, 2.45) is 0 Å². The maximum absolute atomic E-state index is 13.3. The third kappa shape index (κ3) is 4.47. The van der Waals surface area contributed by atoms with E-state index in [1.165, 1.54) is 12.1 Å². The molecule has 0 atom stereocenters. The van der Waals surface area contributed by atoms with Crippen LogP contribution >= 0.6 is 11.8 Å². The lowest BCUT2D eigenvalue weighted by molar-refractivity contribution is -0.412. The van der Waals surface area contributed by atoms with E-state index in [1.54, 1.807) is 30.3 Å². The Morgan fingerprint density at radius 2 is 1.42 bits per heavy atom. The summed E-state index contributed by atoms with van der Waals surface area (Å²) < 4.78 is 26.7. The Labute approximate surface area is 185 Å². The molecule has 0 saturated heterocycles. The number of thioether (sulfide) groups is 1. The lowest BCUT2D eigenvalue weighted by atomic mass is 10.1. The Balaban J connectivity index is 1.79. The zero-order valence-electron chi connectivity index (χ0n) is 17.0. The summed E-state index contributed by atoms with van der Waals surface area (Å²) in [5.41, 5.74) is 3.44. The average Bonchev–Trinajstić information content (AvgIpc) is 3.20. The van der Waals surface area contributed by atoms with Crippen LogP contribution in [-0.2, 0) is 9.84 Å². The minimum absolute atomic E-state index is 0.0280. The SMILES string of the molecule is Cc1ccc(C(=O)Sc2[nH+]c(-c3ccc(C)cc3)[nH]c2S(=O)(=O)c2ccccc2)cc1. The molecule has 0 radical (unpaired) electrons. The summed E-state index contributed by atoms with van der Waals surface area (Å²) in [6.07, 6.45) is 0. The van der Waals surface area contributed by atoms with Crippen molar-refractivity contribution in [3.8, 4) is 11.4 Å². The van der Waals surface area contributed by atoms with Gasteiger partial charge in [0, 0.05) is 17.3 Å². The Morgan fingerprint density at radius 3 is 2.03 bits per heavy atom. The Hall–Kier alpha value is -3.16. The fraction of sp³-hybridized carbons (Fsp3) is 0.0833. The molecule has 1 aromatic heterocycles. The highest BCUT2D eigenvalue weighted by Gasteiger charge is 2.33. The first-order valence-electron chi connectivity index (χ1n) is 9.66. The lowest BCUT2D eigenvalue weighted by Crippen LogP contribution is -2.10. The van der Waals surface area contributed by atoms with E-state index in [-0.39, 0.29) is 20.1 Å². The van der Waals surface area contributed by atoms with E-state index >= 15 is 0 Å². The minimum Gasteiger partial charge on any atom is -0.281 e. The molecule has 4 rings (SSSR count). The van der Waals surface area contributed by atoms with E-state index < -0.39 is 9.84 Å². The highest BCUT2D eigenvalue weighted by atomic mass is 32.2. The maximum Gasteiger partial charge on any atom is 0.286 e. The van der Waals surface area contributed by atoms with Crippen molar-refractivity contribution in [3.05, 3.63) is 95.6 Å². The van der Waals surface area contributed by atoms with E-state index in [0.29, 0.717) is 11.4 Å². The quantitative estimate of drug-likeness (QED) is 0.441. The first-order valence-corrected chi connectivity index (χ1v) is 12.0. The number of hydrogen-bond acceptors (Lipinski definition) is 4. The largest absolute Gasteiger partial charge is 0.286 e. The van der Waals surface area contributed by atoms with Crippen molar-refractivity contribution in [1.82, 2.24) is 4.98 Å². The van der Waals surface area contributed by atoms with E-state index in [2.05, 4.69) is 9.97 Å². The highest BCUT2D eigenvalue weighted by Crippen LogP contribution is 2.31. The summed E-state index contributed by atoms with van der Waals surface area (Å²) in [6.45, 7) is 3.93. The van der Waals surface area contributed by atoms with Crippen molar-refractivity contribution >= 4 is 26.7 Å². The molecule has 5 nitrogen and oxygen atoms in total. The number of aromatic amines is 2. The van der Waals surface area contributed by atoms with Gasteiger partial charge in [0.1, 0.15) is 0 Å². The van der Waals surface area contributed by atoms with Crippen LogP contribution in [0.25, 0.3) is 11.4 Å². The van der Waals surface area contributed by atoms with Crippen molar-refractivity contribution in [1.29, 1.82) is 0 Å². The lowest BCUT2D eigenvalue weighted by Gasteiger charge is -2.02. The molecule has 0 amide bonds. The van der Waals surface area contributed by atoms with Crippen molar-refractivity contribution in [2.75, 3.05) is 0 Å². The van der Waals surface area contributed by atoms with Crippen LogP contribution in [0, 0.1) is 13.8 Å². The number of rotatable bonds is 5. The molecule has 4 aromatic rings. The van der Waals surface area contributed by atoms with Gasteiger partial charge in [-0.1, -0.05) is 65.7 Å². The molecule has 3 aromatic carbocycles. The van der Waals surface area contributed by atoms with Crippen LogP contribution in [-0.4, -0.2) is 18.5 Å². The minimum atomic E-state index is -3.86. The van der Waals surface area contributed by atoms with Gasteiger partial charge in [0.2, 0.25) is 20.0 Å². The first kappa shape index (κ1) is 21.1. The molecule has 0 bridgehead atoms. The number of hydrogen-bond donors (Lipinski definition) is 1. The number of nitrogens with one attached hydrogen (secondary N) is 2. The van der Waals surface area contributed by atoms with Gasteiger partial charge in [-0.05, 0) is 38.1 Å². The summed E-state index contributed by atoms with van der Waals surface area (Å²) >= 11 is 0.864. The van der Waals surface area contributed by atoms with Gasteiger partial charge in [-0.2, -0.15) is 0 Å². The van der Waals surface area contributed by atoms with Crippen LogP contribution in [0.5, 0.6) is 0 Å². The second-order valence-corrected chi connectivity index (χ2v) is 10.1. The fourth-order valence-electron chi connectivity index (χ4n) is 3.06. The Bertz CT molecular complexity index is 1330. The molecule has 156 valence electrons. The molecule has 0 saturated carbocycles. The standard InChI is InChI=1S/C24H20N2O3S2/c1-16-8-12-18(13-9-16)21-25-22(30-24(27)19-14-10-17(2)11-15-19)23(26-21)31(28,29)20-6-4-3-5-7-20/h3-15H,1-2H3,(H,25,26)/p+1. The van der Waals surface area contributed by atoms with Crippen molar-refractivity contribution < 1.29 is 18.2 Å². The molecule has 0 unspecified atom stereocenters. The summed E-state index contributed by atoms with van der Waals surface area (Å²) in [6, 6.07) is 23.0. The Morgan fingerprint density at radius 1 is 0.839 bits per heavy atom. The third-order valence-electron chi connectivity index (χ3n) is 4.83. The number of carbonyl (C=O) groups is 1. The molecule has 0 aliphatic rings. The normalized spacial score (nSPS) is 11.4. The number of aryl methyl sites for hydroxylation is 2. The van der Waals surface area contributed by atoms with E-state index in [1.807, 2.05) is 50.2 Å². The predicted molar refractivity (Wildman–Crippen MR) is 121 cm³/mol. The van der Waals surface area contributed by atoms with E-state index in [4.69, 9.17) is 0 Å². The van der Waals surface area contributed by atoms with Gasteiger partial charge in [0.15, 0.2) is 0 Å². The highest BCUT2D eigenvalue weighted by molar-refractivity contribution is 8.14. The van der Waals surface area contributed by atoms with Crippen LogP contribution in [0.15, 0.2) is 93.8 Å². The summed E-state index contributed by atoms with van der Waals surface area (Å²) in [5.74, 6) is 0.522. The predicted octanol–water partition coefficient (Wildman–Crippen LogP) is 4.88. The smallest absolute Gasteiger partial charge is 0.281 e. The molecule has 2 N–H and O–H groups in total. The molecule has 0 aliphatic heterocycles. The molecule has 0 fully saturated rings. The van der Waals surface area contributed by atoms with E-state index in [0.717, 1.165) is 28.5 Å². The van der Waals surface area contributed by atoms with Gasteiger partial charge in [-0.15, -0.1) is 0 Å². The van der Waals surface area contributed by atoms with Gasteiger partial charge in [-0.3, -0.25) is 4.79 Å². The van der Waals surface area contributed by atoms with Gasteiger partial charge in [0.25, 0.3) is 10.9 Å². The number of H-pyrrole nitrogens is 2. The van der Waals surface area contributed by atoms with Crippen LogP contribution in [0.3, 0.4) is 0 Å². The number of aromatic nitrogens is 2. The molecular weight excluding hydrogens is 428 g/mol. The summed E-state index contributed by atoms with van der Waals surface area (Å²) in [5, 5.41) is -0.0139. The molecule has 31 heavy (non-hydrogen) atoms. The number of carbonyl (C=O) groups excluding carboxylic acids is 1. The van der Waals surface area contributed by atoms with Crippen LogP contribution < -0.4 is 4.98 Å². The summed E-state index contributed by atoms with van der Waals surface area (Å²) in [4.78, 5) is 19.1. The third-order valence-corrected chi connectivity index (χ3v) is 7.62. The number of benzene rings is 3. The first-order chi connectivity index (χ1) is 14.8. The molecular formula is C24H21N2O3S2+. The summed E-state index contributed by atoms with van der Waals surface area (Å²) in [7, 11) is -3.86. The van der Waals surface area contributed by atoms with Crippen LogP contribution in [0.4, 0.5) is 0 Å². The van der Waals surface area contributed by atoms with Crippen molar-refractivity contribution in [2.45, 2.75) is 28.8 Å². The van der Waals surface area contributed by atoms with Gasteiger partial charge in [-0.25, -0.2) is 18.4 Å². The van der Waals surface area contributed by atoms with Crippen LogP contribution in [0.1, 0.15) is 21.5 Å². The topological polar surface area (TPSA) is 81.1 Å². The average molecular weight is 450 g/mol. The molecule has 1 heterocycles. The second-order valence-electron chi connectivity index (χ2n) is 7.22. The monoisotopic (exact) mass is 449 g/mol. The van der Waals surface area contributed by atoms with Gasteiger partial charge in [0.05, 0.1) is 10.5 Å². The Kier molecular flexibility index (Phi) is 5.80. The van der Waals surface area contributed by atoms with Gasteiger partial charge < -0.3 is 0 Å².